The van der Waals surface area contributed by atoms with E-state index in [2.05, 4.69) is 26.1 Å². The minimum atomic E-state index is -0.872. The molecule has 4 heteroatoms. The van der Waals surface area contributed by atoms with Gasteiger partial charge in [-0.1, -0.05) is 27.2 Å². The summed E-state index contributed by atoms with van der Waals surface area (Å²) >= 11 is 0. The topological polar surface area (TPSA) is 38.3 Å². The van der Waals surface area contributed by atoms with E-state index in [4.69, 9.17) is 4.74 Å². The Balaban J connectivity index is 1.85. The predicted molar refractivity (Wildman–Crippen MR) is 68.0 cm³/mol. The molecule has 1 amide bonds. The van der Waals surface area contributed by atoms with Gasteiger partial charge in [0.2, 0.25) is 0 Å². The quantitative estimate of drug-likeness (QED) is 0.842. The van der Waals surface area contributed by atoms with Gasteiger partial charge in [-0.25, -0.2) is 9.18 Å². The van der Waals surface area contributed by atoms with Gasteiger partial charge < -0.3 is 10.1 Å². The van der Waals surface area contributed by atoms with Crippen LogP contribution in [0.4, 0.5) is 9.18 Å². The zero-order valence-corrected chi connectivity index (χ0v) is 11.5. The van der Waals surface area contributed by atoms with Crippen LogP contribution in [0.15, 0.2) is 0 Å². The molecular formula is C14H24FNO2. The van der Waals surface area contributed by atoms with Crippen molar-refractivity contribution in [2.24, 2.45) is 17.8 Å². The Morgan fingerprint density at radius 1 is 1.33 bits per heavy atom. The number of carbonyl (C=O) groups is 1. The Kier molecular flexibility index (Phi) is 4.13. The highest BCUT2D eigenvalue weighted by Crippen LogP contribution is 2.35. The molecule has 1 N–H and O–H groups in total. The summed E-state index contributed by atoms with van der Waals surface area (Å²) in [5, 5.41) is 2.59. The first-order valence-electron chi connectivity index (χ1n) is 7.08. The van der Waals surface area contributed by atoms with Crippen LogP contribution in [0.3, 0.4) is 0 Å². The molecule has 0 unspecified atom stereocenters. The van der Waals surface area contributed by atoms with Gasteiger partial charge >= 0.3 is 6.09 Å². The standard InChI is InChI=1S/C14H24FNO2/c1-8(2)10-5-4-9(3)6-13(10)18-14(17)16-12-7-11(12)15/h8-13H,4-7H2,1-3H3,(H,16,17)/t9-,10+,11+,12-,13-/m1/s1. The Morgan fingerprint density at radius 2 is 2.00 bits per heavy atom. The van der Waals surface area contributed by atoms with Gasteiger partial charge in [-0.15, -0.1) is 0 Å². The van der Waals surface area contributed by atoms with Crippen LogP contribution in [0.25, 0.3) is 0 Å². The summed E-state index contributed by atoms with van der Waals surface area (Å²) in [5.74, 6) is 1.56. The molecule has 0 radical (unpaired) electrons. The maximum absolute atomic E-state index is 12.7. The molecule has 0 bridgehead atoms. The summed E-state index contributed by atoms with van der Waals surface area (Å²) in [5.41, 5.74) is 0. The maximum Gasteiger partial charge on any atom is 0.407 e. The normalized spacial score (nSPS) is 39.5. The summed E-state index contributed by atoms with van der Waals surface area (Å²) in [6.07, 6.45) is 2.37. The average Bonchev–Trinajstić information content (AvgIpc) is 2.93. The number of carbonyl (C=O) groups excluding carboxylic acids is 1. The number of alkyl carbamates (subject to hydrolysis) is 1. The fourth-order valence-corrected chi connectivity index (χ4v) is 2.89. The molecule has 0 heterocycles. The molecule has 0 aliphatic heterocycles. The summed E-state index contributed by atoms with van der Waals surface area (Å²) in [6.45, 7) is 6.55. The van der Waals surface area contributed by atoms with Crippen LogP contribution in [-0.4, -0.2) is 24.4 Å². The SMILES string of the molecule is CC(C)[C@@H]1CC[C@@H](C)C[C@H]1OC(=O)N[C@@H]1C[C@@H]1F. The van der Waals surface area contributed by atoms with Crippen molar-refractivity contribution in [1.29, 1.82) is 0 Å². The zero-order valence-electron chi connectivity index (χ0n) is 11.5. The third-order valence-electron chi connectivity index (χ3n) is 4.24. The van der Waals surface area contributed by atoms with Crippen LogP contribution in [0.2, 0.25) is 0 Å². The monoisotopic (exact) mass is 257 g/mol. The number of nitrogens with one attached hydrogen (secondary N) is 1. The van der Waals surface area contributed by atoms with E-state index in [0.717, 1.165) is 12.8 Å². The molecule has 0 aromatic rings. The lowest BCUT2D eigenvalue weighted by molar-refractivity contribution is 0.00581. The molecule has 2 aliphatic carbocycles. The second-order valence-electron chi connectivity index (χ2n) is 6.27. The minimum Gasteiger partial charge on any atom is -0.446 e. The number of hydrogen-bond acceptors (Lipinski definition) is 2. The van der Waals surface area contributed by atoms with Crippen molar-refractivity contribution >= 4 is 6.09 Å². The Hall–Kier alpha value is -0.800. The van der Waals surface area contributed by atoms with Crippen LogP contribution >= 0.6 is 0 Å². The van der Waals surface area contributed by atoms with Gasteiger partial charge in [0, 0.05) is 6.42 Å². The molecule has 0 spiro atoms. The van der Waals surface area contributed by atoms with Crippen molar-refractivity contribution in [3.05, 3.63) is 0 Å². The van der Waals surface area contributed by atoms with Crippen molar-refractivity contribution in [1.82, 2.24) is 5.32 Å². The zero-order chi connectivity index (χ0) is 13.3. The van der Waals surface area contributed by atoms with Gasteiger partial charge in [0.15, 0.2) is 0 Å². The largest absolute Gasteiger partial charge is 0.446 e. The van der Waals surface area contributed by atoms with Gasteiger partial charge in [-0.2, -0.15) is 0 Å². The van der Waals surface area contributed by atoms with Gasteiger partial charge in [0.1, 0.15) is 12.3 Å². The molecule has 2 rings (SSSR count). The Morgan fingerprint density at radius 3 is 2.56 bits per heavy atom. The van der Waals surface area contributed by atoms with Gasteiger partial charge in [-0.05, 0) is 30.6 Å². The molecule has 104 valence electrons. The summed E-state index contributed by atoms with van der Waals surface area (Å²) in [6, 6.07) is -0.309. The number of halogens is 1. The number of hydrogen-bond donors (Lipinski definition) is 1. The number of ether oxygens (including phenoxy) is 1. The number of alkyl halides is 1. The molecule has 0 aromatic carbocycles. The van der Waals surface area contributed by atoms with Gasteiger partial charge in [0.25, 0.3) is 0 Å². The fraction of sp³-hybridized carbons (Fsp3) is 0.929. The van der Waals surface area contributed by atoms with Crippen LogP contribution < -0.4 is 5.32 Å². The first-order chi connectivity index (χ1) is 8.47. The second kappa shape index (κ2) is 5.45. The van der Waals surface area contributed by atoms with Crippen LogP contribution in [0.5, 0.6) is 0 Å². The minimum absolute atomic E-state index is 0.00874. The van der Waals surface area contributed by atoms with Crippen molar-refractivity contribution in [3.8, 4) is 0 Å². The van der Waals surface area contributed by atoms with Gasteiger partial charge in [0.05, 0.1) is 6.04 Å². The average molecular weight is 257 g/mol. The van der Waals surface area contributed by atoms with E-state index in [1.807, 2.05) is 0 Å². The van der Waals surface area contributed by atoms with E-state index < -0.39 is 12.3 Å². The number of rotatable bonds is 3. The van der Waals surface area contributed by atoms with Crippen LogP contribution in [0, 0.1) is 17.8 Å². The van der Waals surface area contributed by atoms with E-state index >= 15 is 0 Å². The Bertz CT molecular complexity index is 308. The molecule has 2 aliphatic rings. The number of amides is 1. The van der Waals surface area contributed by atoms with E-state index in [1.54, 1.807) is 0 Å². The molecule has 2 fully saturated rings. The lowest BCUT2D eigenvalue weighted by Gasteiger charge is -2.36. The lowest BCUT2D eigenvalue weighted by Crippen LogP contribution is -2.39. The Labute approximate surface area is 108 Å². The third-order valence-corrected chi connectivity index (χ3v) is 4.24. The summed E-state index contributed by atoms with van der Waals surface area (Å²) in [4.78, 5) is 11.7. The molecular weight excluding hydrogens is 233 g/mol. The van der Waals surface area contributed by atoms with Crippen LogP contribution in [0.1, 0.15) is 46.5 Å². The first kappa shape index (κ1) is 13.6. The third kappa shape index (κ3) is 3.36. The molecule has 5 atom stereocenters. The second-order valence-corrected chi connectivity index (χ2v) is 6.27. The van der Waals surface area contributed by atoms with Gasteiger partial charge in [-0.3, -0.25) is 0 Å². The van der Waals surface area contributed by atoms with Crippen molar-refractivity contribution in [2.45, 2.75) is 64.8 Å². The van der Waals surface area contributed by atoms with E-state index in [0.29, 0.717) is 24.2 Å². The summed E-state index contributed by atoms with van der Waals surface area (Å²) in [7, 11) is 0. The highest BCUT2D eigenvalue weighted by molar-refractivity contribution is 5.68. The lowest BCUT2D eigenvalue weighted by atomic mass is 9.75. The highest BCUT2D eigenvalue weighted by atomic mass is 19.1. The van der Waals surface area contributed by atoms with E-state index in [-0.39, 0.29) is 12.1 Å². The summed E-state index contributed by atoms with van der Waals surface area (Å²) < 4.78 is 18.2. The maximum atomic E-state index is 12.7. The molecule has 18 heavy (non-hydrogen) atoms. The molecule has 3 nitrogen and oxygen atoms in total. The fourth-order valence-electron chi connectivity index (χ4n) is 2.89. The van der Waals surface area contributed by atoms with Crippen LogP contribution in [-0.2, 0) is 4.74 Å². The molecule has 2 saturated carbocycles. The molecule has 0 saturated heterocycles. The highest BCUT2D eigenvalue weighted by Gasteiger charge is 2.40. The first-order valence-corrected chi connectivity index (χ1v) is 7.08. The predicted octanol–water partition coefficient (Wildman–Crippen LogP) is 3.28. The van der Waals surface area contributed by atoms with Crippen molar-refractivity contribution in [3.63, 3.8) is 0 Å². The van der Waals surface area contributed by atoms with E-state index in [9.17, 15) is 9.18 Å². The van der Waals surface area contributed by atoms with E-state index in [1.165, 1.54) is 6.42 Å². The smallest absolute Gasteiger partial charge is 0.407 e. The van der Waals surface area contributed by atoms with Crippen molar-refractivity contribution < 1.29 is 13.9 Å². The molecule has 0 aromatic heterocycles. The van der Waals surface area contributed by atoms with Crippen molar-refractivity contribution in [2.75, 3.05) is 0 Å².